The normalized spacial score (nSPS) is 15.3. The minimum atomic E-state index is 0.0114. The quantitative estimate of drug-likeness (QED) is 0.566. The lowest BCUT2D eigenvalue weighted by Gasteiger charge is -2.34. The number of nitrogens with zero attached hydrogens (tertiary/aromatic N) is 1. The predicted molar refractivity (Wildman–Crippen MR) is 79.3 cm³/mol. The maximum Gasteiger partial charge on any atom is 0.0749 e. The van der Waals surface area contributed by atoms with Gasteiger partial charge in [0.25, 0.3) is 0 Å². The fourth-order valence-corrected chi connectivity index (χ4v) is 3.33. The van der Waals surface area contributed by atoms with Gasteiger partial charge in [-0.3, -0.25) is 4.98 Å². The summed E-state index contributed by atoms with van der Waals surface area (Å²) in [6, 6.07) is 17.3. The van der Waals surface area contributed by atoms with Gasteiger partial charge in [-0.25, -0.2) is 0 Å². The van der Waals surface area contributed by atoms with Gasteiger partial charge >= 0.3 is 0 Å². The van der Waals surface area contributed by atoms with Crippen LogP contribution in [0.2, 0.25) is 0 Å². The molecule has 92 valence electrons. The number of hydrogen-bond acceptors (Lipinski definition) is 1. The molecule has 0 fully saturated rings. The summed E-state index contributed by atoms with van der Waals surface area (Å²) in [5.41, 5.74) is 5.14. The highest BCUT2D eigenvalue weighted by Gasteiger charge is 2.33. The van der Waals surface area contributed by atoms with E-state index in [4.69, 9.17) is 0 Å². The van der Waals surface area contributed by atoms with Gasteiger partial charge in [-0.15, -0.1) is 0 Å². The zero-order chi connectivity index (χ0) is 13.0. The molecule has 1 heterocycles. The Hall–Kier alpha value is -2.15. The van der Waals surface area contributed by atoms with Crippen LogP contribution in [-0.2, 0) is 5.41 Å². The number of hydrogen-bond donors (Lipinski definition) is 0. The molecular formula is C18H15N. The molecule has 0 N–H and O–H groups in total. The lowest BCUT2D eigenvalue weighted by Crippen LogP contribution is -2.24. The molecule has 19 heavy (non-hydrogen) atoms. The Balaban J connectivity index is 2.28. The van der Waals surface area contributed by atoms with Crippen LogP contribution in [0.15, 0.2) is 54.7 Å². The Morgan fingerprint density at radius 2 is 1.58 bits per heavy atom. The third-order valence-electron chi connectivity index (χ3n) is 4.31. The molecule has 1 aromatic heterocycles. The standard InChI is InChI=1S/C18H15N/c1-18(2)14-9-4-7-12-6-3-8-13(16(12)14)17-15(18)10-5-11-19-17/h3-11H,1-2H3. The SMILES string of the molecule is CC1(C)c2cccnc2-c2cccc3cccc1c23. The van der Waals surface area contributed by atoms with Gasteiger partial charge in [0.2, 0.25) is 0 Å². The van der Waals surface area contributed by atoms with Crippen LogP contribution >= 0.6 is 0 Å². The highest BCUT2D eigenvalue weighted by atomic mass is 14.7. The third-order valence-corrected chi connectivity index (χ3v) is 4.31. The number of benzene rings is 2. The summed E-state index contributed by atoms with van der Waals surface area (Å²) in [5, 5.41) is 2.67. The summed E-state index contributed by atoms with van der Waals surface area (Å²) < 4.78 is 0. The topological polar surface area (TPSA) is 12.9 Å². The number of rotatable bonds is 0. The average molecular weight is 245 g/mol. The molecule has 2 aromatic carbocycles. The average Bonchev–Trinajstić information content (AvgIpc) is 2.45. The first-order valence-electron chi connectivity index (χ1n) is 6.68. The molecular weight excluding hydrogens is 230 g/mol. The lowest BCUT2D eigenvalue weighted by molar-refractivity contribution is 0.642. The molecule has 0 spiro atoms. The molecule has 0 saturated carbocycles. The summed E-state index contributed by atoms with van der Waals surface area (Å²) in [6.45, 7) is 4.58. The van der Waals surface area contributed by atoms with Crippen molar-refractivity contribution in [2.75, 3.05) is 0 Å². The van der Waals surface area contributed by atoms with Crippen LogP contribution in [0.4, 0.5) is 0 Å². The molecule has 0 unspecified atom stereocenters. The molecule has 1 aliphatic rings. The van der Waals surface area contributed by atoms with Crippen LogP contribution in [0.3, 0.4) is 0 Å². The summed E-state index contributed by atoms with van der Waals surface area (Å²) >= 11 is 0. The van der Waals surface area contributed by atoms with Crippen molar-refractivity contribution < 1.29 is 0 Å². The molecule has 0 amide bonds. The minimum Gasteiger partial charge on any atom is -0.256 e. The predicted octanol–water partition coefficient (Wildman–Crippen LogP) is 4.54. The van der Waals surface area contributed by atoms with Crippen LogP contribution in [-0.4, -0.2) is 4.98 Å². The summed E-state index contributed by atoms with van der Waals surface area (Å²) in [7, 11) is 0. The second-order valence-corrected chi connectivity index (χ2v) is 5.73. The first-order chi connectivity index (χ1) is 9.19. The van der Waals surface area contributed by atoms with Crippen molar-refractivity contribution in [1.82, 2.24) is 4.98 Å². The third kappa shape index (κ3) is 1.27. The molecule has 0 saturated heterocycles. The van der Waals surface area contributed by atoms with Crippen LogP contribution < -0.4 is 0 Å². The van der Waals surface area contributed by atoms with Crippen molar-refractivity contribution in [3.05, 3.63) is 65.9 Å². The summed E-state index contributed by atoms with van der Waals surface area (Å²) in [4.78, 5) is 4.64. The van der Waals surface area contributed by atoms with Crippen molar-refractivity contribution in [2.45, 2.75) is 19.3 Å². The Bertz CT molecular complexity index is 794. The van der Waals surface area contributed by atoms with Gasteiger partial charge < -0.3 is 0 Å². The van der Waals surface area contributed by atoms with E-state index in [0.717, 1.165) is 5.69 Å². The first-order valence-corrected chi connectivity index (χ1v) is 6.68. The van der Waals surface area contributed by atoms with E-state index in [1.165, 1.54) is 27.5 Å². The van der Waals surface area contributed by atoms with Crippen molar-refractivity contribution in [1.29, 1.82) is 0 Å². The van der Waals surface area contributed by atoms with E-state index in [0.29, 0.717) is 0 Å². The van der Waals surface area contributed by atoms with E-state index < -0.39 is 0 Å². The van der Waals surface area contributed by atoms with Crippen molar-refractivity contribution in [2.24, 2.45) is 0 Å². The molecule has 4 rings (SSSR count). The molecule has 0 bridgehead atoms. The molecule has 1 nitrogen and oxygen atoms in total. The Morgan fingerprint density at radius 3 is 2.42 bits per heavy atom. The first kappa shape index (κ1) is 10.7. The van der Waals surface area contributed by atoms with Crippen LogP contribution in [0.5, 0.6) is 0 Å². The summed E-state index contributed by atoms with van der Waals surface area (Å²) in [6.07, 6.45) is 1.89. The van der Waals surface area contributed by atoms with Gasteiger partial charge in [-0.1, -0.05) is 56.3 Å². The zero-order valence-electron chi connectivity index (χ0n) is 11.1. The van der Waals surface area contributed by atoms with Crippen molar-refractivity contribution in [3.8, 4) is 11.3 Å². The maximum atomic E-state index is 4.64. The van der Waals surface area contributed by atoms with Gasteiger partial charge in [0.1, 0.15) is 0 Å². The fourth-order valence-electron chi connectivity index (χ4n) is 3.33. The number of aromatic nitrogens is 1. The van der Waals surface area contributed by atoms with Gasteiger partial charge in [0.15, 0.2) is 0 Å². The van der Waals surface area contributed by atoms with Gasteiger partial charge in [-0.2, -0.15) is 0 Å². The molecule has 0 atom stereocenters. The second kappa shape index (κ2) is 3.45. The van der Waals surface area contributed by atoms with Crippen LogP contribution in [0, 0.1) is 0 Å². The van der Waals surface area contributed by atoms with Crippen LogP contribution in [0.25, 0.3) is 22.0 Å². The fraction of sp³-hybridized carbons (Fsp3) is 0.167. The van der Waals surface area contributed by atoms with Gasteiger partial charge in [-0.05, 0) is 28.0 Å². The lowest BCUT2D eigenvalue weighted by atomic mass is 9.70. The second-order valence-electron chi connectivity index (χ2n) is 5.73. The molecule has 0 radical (unpaired) electrons. The van der Waals surface area contributed by atoms with E-state index in [1.807, 2.05) is 12.3 Å². The molecule has 1 heteroatoms. The summed E-state index contributed by atoms with van der Waals surface area (Å²) in [5.74, 6) is 0. The molecule has 1 aliphatic carbocycles. The Kier molecular flexibility index (Phi) is 1.95. The van der Waals surface area contributed by atoms with E-state index in [2.05, 4.69) is 61.3 Å². The monoisotopic (exact) mass is 245 g/mol. The van der Waals surface area contributed by atoms with Crippen molar-refractivity contribution >= 4 is 10.8 Å². The maximum absolute atomic E-state index is 4.64. The van der Waals surface area contributed by atoms with E-state index in [-0.39, 0.29) is 5.41 Å². The molecule has 3 aromatic rings. The van der Waals surface area contributed by atoms with E-state index in [1.54, 1.807) is 0 Å². The van der Waals surface area contributed by atoms with E-state index in [9.17, 15) is 0 Å². The smallest absolute Gasteiger partial charge is 0.0749 e. The highest BCUT2D eigenvalue weighted by molar-refractivity contribution is 6.02. The van der Waals surface area contributed by atoms with Crippen molar-refractivity contribution in [3.63, 3.8) is 0 Å². The Morgan fingerprint density at radius 1 is 0.842 bits per heavy atom. The van der Waals surface area contributed by atoms with E-state index >= 15 is 0 Å². The number of fused-ring (bicyclic) bond motifs is 2. The number of pyridine rings is 1. The molecule has 0 aliphatic heterocycles. The van der Waals surface area contributed by atoms with Crippen LogP contribution in [0.1, 0.15) is 25.0 Å². The highest BCUT2D eigenvalue weighted by Crippen LogP contribution is 2.47. The minimum absolute atomic E-state index is 0.0114. The van der Waals surface area contributed by atoms with Gasteiger partial charge in [0.05, 0.1) is 5.69 Å². The zero-order valence-corrected chi connectivity index (χ0v) is 11.1. The largest absolute Gasteiger partial charge is 0.256 e. The Labute approximate surface area is 112 Å². The van der Waals surface area contributed by atoms with Gasteiger partial charge in [0, 0.05) is 17.2 Å².